The van der Waals surface area contributed by atoms with Crippen LogP contribution < -0.4 is 4.74 Å². The summed E-state index contributed by atoms with van der Waals surface area (Å²) in [5.41, 5.74) is 1.99. The zero-order valence-corrected chi connectivity index (χ0v) is 16.6. The quantitative estimate of drug-likeness (QED) is 0.692. The number of carbonyl (C=O) groups excluding carboxylic acids is 2. The van der Waals surface area contributed by atoms with Crippen molar-refractivity contribution >= 4 is 11.7 Å². The van der Waals surface area contributed by atoms with Crippen molar-refractivity contribution in [3.8, 4) is 5.75 Å². The summed E-state index contributed by atoms with van der Waals surface area (Å²) >= 11 is 0. The van der Waals surface area contributed by atoms with Gasteiger partial charge in [-0.05, 0) is 23.6 Å². The molecule has 0 radical (unpaired) electrons. The van der Waals surface area contributed by atoms with Crippen molar-refractivity contribution in [2.45, 2.75) is 19.8 Å². The molecule has 2 aromatic rings. The van der Waals surface area contributed by atoms with Crippen molar-refractivity contribution in [3.05, 3.63) is 65.7 Å². The molecule has 0 atom stereocenters. The fourth-order valence-electron chi connectivity index (χ4n) is 3.26. The normalized spacial score (nSPS) is 14.9. The Hall–Kier alpha value is -2.66. The van der Waals surface area contributed by atoms with Crippen LogP contribution in [0.5, 0.6) is 5.75 Å². The van der Waals surface area contributed by atoms with E-state index < -0.39 is 0 Å². The molecule has 2 aromatic carbocycles. The molecule has 1 amide bonds. The predicted octanol–water partition coefficient (Wildman–Crippen LogP) is 3.22. The fraction of sp³-hybridized carbons (Fsp3) is 0.391. The summed E-state index contributed by atoms with van der Waals surface area (Å²) in [6.07, 6.45) is 0. The molecule has 0 spiro atoms. The summed E-state index contributed by atoms with van der Waals surface area (Å²) < 4.78 is 5.54. The maximum Gasteiger partial charge on any atom is 0.260 e. The van der Waals surface area contributed by atoms with Gasteiger partial charge in [0.15, 0.2) is 12.4 Å². The Balaban J connectivity index is 1.43. The summed E-state index contributed by atoms with van der Waals surface area (Å²) in [7, 11) is 0. The second kappa shape index (κ2) is 9.51. The van der Waals surface area contributed by atoms with Crippen molar-refractivity contribution in [2.75, 3.05) is 39.3 Å². The lowest BCUT2D eigenvalue weighted by atomic mass is 10.0. The average Bonchev–Trinajstić information content (AvgIpc) is 2.73. The van der Waals surface area contributed by atoms with Crippen molar-refractivity contribution in [1.82, 2.24) is 9.80 Å². The SMILES string of the molecule is CC(C)c1ccc(C(=O)CN2CCN(C(=O)COc3ccccc3)CC2)cc1. The van der Waals surface area contributed by atoms with E-state index in [0.717, 1.165) is 5.56 Å². The van der Waals surface area contributed by atoms with Gasteiger partial charge in [-0.2, -0.15) is 0 Å². The lowest BCUT2D eigenvalue weighted by molar-refractivity contribution is -0.135. The number of nitrogens with zero attached hydrogens (tertiary/aromatic N) is 2. The van der Waals surface area contributed by atoms with Crippen molar-refractivity contribution in [2.24, 2.45) is 0 Å². The molecule has 1 aliphatic heterocycles. The topological polar surface area (TPSA) is 49.9 Å². The van der Waals surface area contributed by atoms with Crippen LogP contribution in [0.1, 0.15) is 35.7 Å². The summed E-state index contributed by atoms with van der Waals surface area (Å²) in [5, 5.41) is 0. The van der Waals surface area contributed by atoms with E-state index in [1.165, 1.54) is 5.56 Å². The van der Waals surface area contributed by atoms with Crippen LogP contribution in [0.25, 0.3) is 0 Å². The van der Waals surface area contributed by atoms with Gasteiger partial charge in [0.1, 0.15) is 5.75 Å². The number of rotatable bonds is 7. The third kappa shape index (κ3) is 5.42. The highest BCUT2D eigenvalue weighted by atomic mass is 16.5. The minimum atomic E-state index is -0.0147. The maximum atomic E-state index is 12.5. The van der Waals surface area contributed by atoms with Crippen molar-refractivity contribution in [1.29, 1.82) is 0 Å². The number of Topliss-reactive ketones (excluding diaryl/α,β-unsaturated/α-hetero) is 1. The minimum absolute atomic E-state index is 0.0147. The van der Waals surface area contributed by atoms with Gasteiger partial charge in [0.05, 0.1) is 6.54 Å². The average molecular weight is 380 g/mol. The smallest absolute Gasteiger partial charge is 0.260 e. The zero-order valence-electron chi connectivity index (χ0n) is 16.6. The highest BCUT2D eigenvalue weighted by Gasteiger charge is 2.23. The molecular formula is C23H28N2O3. The number of para-hydroxylation sites is 1. The largest absolute Gasteiger partial charge is 0.484 e. The Morgan fingerprint density at radius 3 is 2.18 bits per heavy atom. The molecule has 148 valence electrons. The van der Waals surface area contributed by atoms with E-state index in [-0.39, 0.29) is 18.3 Å². The second-order valence-corrected chi connectivity index (χ2v) is 7.46. The Kier molecular flexibility index (Phi) is 6.82. The van der Waals surface area contributed by atoms with Gasteiger partial charge in [-0.3, -0.25) is 14.5 Å². The van der Waals surface area contributed by atoms with Gasteiger partial charge in [0.2, 0.25) is 0 Å². The Labute approximate surface area is 166 Å². The zero-order chi connectivity index (χ0) is 19.9. The first-order valence-electron chi connectivity index (χ1n) is 9.84. The number of amides is 1. The predicted molar refractivity (Wildman–Crippen MR) is 110 cm³/mol. The van der Waals surface area contributed by atoms with Crippen LogP contribution in [0.15, 0.2) is 54.6 Å². The second-order valence-electron chi connectivity index (χ2n) is 7.46. The number of ether oxygens (including phenoxy) is 1. The first-order valence-corrected chi connectivity index (χ1v) is 9.84. The molecule has 0 aliphatic carbocycles. The van der Waals surface area contributed by atoms with Crippen LogP contribution in [0.3, 0.4) is 0 Å². The van der Waals surface area contributed by atoms with Crippen LogP contribution in [0.4, 0.5) is 0 Å². The molecule has 0 aromatic heterocycles. The third-order valence-corrected chi connectivity index (χ3v) is 5.10. The van der Waals surface area contributed by atoms with Crippen LogP contribution in [0, 0.1) is 0 Å². The molecule has 5 nitrogen and oxygen atoms in total. The molecule has 1 heterocycles. The van der Waals surface area contributed by atoms with Crippen LogP contribution >= 0.6 is 0 Å². The fourth-order valence-corrected chi connectivity index (χ4v) is 3.26. The van der Waals surface area contributed by atoms with Crippen LogP contribution in [-0.4, -0.2) is 60.8 Å². The van der Waals surface area contributed by atoms with E-state index >= 15 is 0 Å². The summed E-state index contributed by atoms with van der Waals surface area (Å²) in [6, 6.07) is 17.2. The van der Waals surface area contributed by atoms with Gasteiger partial charge >= 0.3 is 0 Å². The molecular weight excluding hydrogens is 352 g/mol. The molecule has 1 saturated heterocycles. The van der Waals surface area contributed by atoms with Crippen molar-refractivity contribution < 1.29 is 14.3 Å². The molecule has 5 heteroatoms. The molecule has 1 fully saturated rings. The Bertz CT molecular complexity index is 779. The number of hydrogen-bond acceptors (Lipinski definition) is 4. The van der Waals surface area contributed by atoms with Gasteiger partial charge in [-0.15, -0.1) is 0 Å². The highest BCUT2D eigenvalue weighted by Crippen LogP contribution is 2.15. The lowest BCUT2D eigenvalue weighted by Crippen LogP contribution is -2.51. The highest BCUT2D eigenvalue weighted by molar-refractivity contribution is 5.97. The van der Waals surface area contributed by atoms with E-state index in [2.05, 4.69) is 18.7 Å². The summed E-state index contributed by atoms with van der Waals surface area (Å²) in [5.74, 6) is 1.27. The molecule has 28 heavy (non-hydrogen) atoms. The van der Waals surface area contributed by atoms with E-state index in [1.54, 1.807) is 4.90 Å². The van der Waals surface area contributed by atoms with Crippen LogP contribution in [-0.2, 0) is 4.79 Å². The van der Waals surface area contributed by atoms with Gasteiger partial charge in [0, 0.05) is 31.7 Å². The van der Waals surface area contributed by atoms with Crippen molar-refractivity contribution in [3.63, 3.8) is 0 Å². The van der Waals surface area contributed by atoms with Gasteiger partial charge in [-0.25, -0.2) is 0 Å². The first-order chi connectivity index (χ1) is 13.5. The molecule has 1 aliphatic rings. The maximum absolute atomic E-state index is 12.5. The Morgan fingerprint density at radius 2 is 1.57 bits per heavy atom. The molecule has 0 saturated carbocycles. The van der Waals surface area contributed by atoms with E-state index in [0.29, 0.717) is 44.4 Å². The number of carbonyl (C=O) groups is 2. The number of ketones is 1. The third-order valence-electron chi connectivity index (χ3n) is 5.10. The summed E-state index contributed by atoms with van der Waals surface area (Å²) in [4.78, 5) is 28.8. The van der Waals surface area contributed by atoms with E-state index in [4.69, 9.17) is 4.74 Å². The summed E-state index contributed by atoms with van der Waals surface area (Å²) in [6.45, 7) is 7.37. The number of piperazine rings is 1. The van der Waals surface area contributed by atoms with E-state index in [1.807, 2.05) is 54.6 Å². The van der Waals surface area contributed by atoms with Gasteiger partial charge in [0.25, 0.3) is 5.91 Å². The molecule has 0 bridgehead atoms. The van der Waals surface area contributed by atoms with E-state index in [9.17, 15) is 9.59 Å². The first kappa shape index (κ1) is 20.1. The van der Waals surface area contributed by atoms with Gasteiger partial charge < -0.3 is 9.64 Å². The monoisotopic (exact) mass is 380 g/mol. The van der Waals surface area contributed by atoms with Crippen LogP contribution in [0.2, 0.25) is 0 Å². The lowest BCUT2D eigenvalue weighted by Gasteiger charge is -2.34. The molecule has 0 N–H and O–H groups in total. The minimum Gasteiger partial charge on any atom is -0.484 e. The number of benzene rings is 2. The van der Waals surface area contributed by atoms with Gasteiger partial charge in [-0.1, -0.05) is 56.3 Å². The number of hydrogen-bond donors (Lipinski definition) is 0. The Morgan fingerprint density at radius 1 is 0.929 bits per heavy atom. The molecule has 0 unspecified atom stereocenters. The molecule has 3 rings (SSSR count). The standard InChI is InChI=1S/C23H28N2O3/c1-18(2)19-8-10-20(11-9-19)22(26)16-24-12-14-25(15-13-24)23(27)17-28-21-6-4-3-5-7-21/h3-11,18H,12-17H2,1-2H3.